The Morgan fingerprint density at radius 3 is 2.56 bits per heavy atom. The summed E-state index contributed by atoms with van der Waals surface area (Å²) < 4.78 is 13.2. The van der Waals surface area contributed by atoms with Gasteiger partial charge in [0.25, 0.3) is 0 Å². The number of aromatic hydroxyl groups is 1. The molecule has 2 N–H and O–H groups in total. The first kappa shape index (κ1) is 14.9. The summed E-state index contributed by atoms with van der Waals surface area (Å²) in [5, 5.41) is 13.0. The second-order valence-electron chi connectivity index (χ2n) is 5.51. The molecule has 1 rings (SSSR count). The summed E-state index contributed by atoms with van der Waals surface area (Å²) >= 11 is 0. The van der Waals surface area contributed by atoms with Crippen LogP contribution in [0.25, 0.3) is 0 Å². The molecule has 0 spiro atoms. The van der Waals surface area contributed by atoms with Gasteiger partial charge in [0.1, 0.15) is 11.6 Å². The van der Waals surface area contributed by atoms with E-state index in [1.54, 1.807) is 0 Å². The molecule has 1 unspecified atom stereocenters. The largest absolute Gasteiger partial charge is 0.508 e. The lowest BCUT2D eigenvalue weighted by Gasteiger charge is -2.34. The van der Waals surface area contributed by atoms with E-state index in [2.05, 4.69) is 24.1 Å². The monoisotopic (exact) mass is 254 g/mol. The minimum absolute atomic E-state index is 0.00277. The molecule has 0 amide bonds. The van der Waals surface area contributed by atoms with Gasteiger partial charge in [0, 0.05) is 23.7 Å². The van der Waals surface area contributed by atoms with Crippen molar-refractivity contribution in [3.05, 3.63) is 29.6 Å². The lowest BCUT2D eigenvalue weighted by molar-refractivity contribution is 0.185. The lowest BCUT2D eigenvalue weighted by atomic mass is 10.0. The molecule has 0 heterocycles. The summed E-state index contributed by atoms with van der Waals surface area (Å²) in [5.41, 5.74) is 0.585. The fourth-order valence-electron chi connectivity index (χ4n) is 1.54. The van der Waals surface area contributed by atoms with Crippen LogP contribution in [-0.2, 0) is 0 Å². The Morgan fingerprint density at radius 2 is 2.00 bits per heavy atom. The van der Waals surface area contributed by atoms with Crippen LogP contribution < -0.4 is 5.32 Å². The van der Waals surface area contributed by atoms with Gasteiger partial charge in [-0.3, -0.25) is 0 Å². The van der Waals surface area contributed by atoms with Gasteiger partial charge in [-0.1, -0.05) is 0 Å². The molecule has 0 saturated carbocycles. The molecule has 0 aliphatic rings. The summed E-state index contributed by atoms with van der Waals surface area (Å²) in [6.07, 6.45) is 0. The van der Waals surface area contributed by atoms with E-state index in [1.165, 1.54) is 18.2 Å². The predicted molar refractivity (Wildman–Crippen MR) is 72.2 cm³/mol. The third-order valence-electron chi connectivity index (χ3n) is 3.51. The van der Waals surface area contributed by atoms with E-state index in [1.807, 2.05) is 21.0 Å². The maximum atomic E-state index is 13.2. The average Bonchev–Trinajstić information content (AvgIpc) is 2.29. The third-order valence-corrected chi connectivity index (χ3v) is 3.51. The van der Waals surface area contributed by atoms with Gasteiger partial charge in [0.05, 0.1) is 0 Å². The van der Waals surface area contributed by atoms with Crippen LogP contribution in [0.15, 0.2) is 18.2 Å². The number of hydrogen-bond donors (Lipinski definition) is 2. The van der Waals surface area contributed by atoms with Crippen LogP contribution in [-0.4, -0.2) is 36.2 Å². The fourth-order valence-corrected chi connectivity index (χ4v) is 1.54. The molecule has 1 aromatic carbocycles. The van der Waals surface area contributed by atoms with Crippen molar-refractivity contribution in [1.82, 2.24) is 10.2 Å². The number of nitrogens with zero attached hydrogens (tertiary/aromatic N) is 1. The zero-order valence-corrected chi connectivity index (χ0v) is 11.8. The molecule has 102 valence electrons. The predicted octanol–water partition coefficient (Wildman–Crippen LogP) is 2.52. The highest BCUT2D eigenvalue weighted by molar-refractivity contribution is 5.34. The van der Waals surface area contributed by atoms with Crippen molar-refractivity contribution in [1.29, 1.82) is 0 Å². The Bertz CT molecular complexity index is 405. The standard InChI is InChI=1S/C14H23FN2O/c1-10(16-9-14(2,3)17(4)5)12-8-11(15)6-7-13(12)18/h6-8,10,16,18H,9H2,1-5H3. The zero-order chi connectivity index (χ0) is 13.9. The van der Waals surface area contributed by atoms with E-state index >= 15 is 0 Å². The van der Waals surface area contributed by atoms with Gasteiger partial charge < -0.3 is 15.3 Å². The van der Waals surface area contributed by atoms with Gasteiger partial charge in [-0.2, -0.15) is 0 Å². The van der Waals surface area contributed by atoms with Crippen molar-refractivity contribution in [2.45, 2.75) is 32.4 Å². The molecule has 0 bridgehead atoms. The van der Waals surface area contributed by atoms with Crippen LogP contribution in [0.5, 0.6) is 5.75 Å². The van der Waals surface area contributed by atoms with Crippen molar-refractivity contribution >= 4 is 0 Å². The first-order valence-electron chi connectivity index (χ1n) is 6.13. The Hall–Kier alpha value is -1.13. The molecule has 4 heteroatoms. The van der Waals surface area contributed by atoms with Crippen molar-refractivity contribution in [2.24, 2.45) is 0 Å². The van der Waals surface area contributed by atoms with Gasteiger partial charge in [-0.15, -0.1) is 0 Å². The minimum atomic E-state index is -0.330. The SMILES string of the molecule is CC(NCC(C)(C)N(C)C)c1cc(F)ccc1O. The summed E-state index contributed by atoms with van der Waals surface area (Å²) in [6, 6.07) is 3.92. The number of hydrogen-bond acceptors (Lipinski definition) is 3. The molecule has 3 nitrogen and oxygen atoms in total. The first-order chi connectivity index (χ1) is 8.24. The van der Waals surface area contributed by atoms with E-state index in [4.69, 9.17) is 0 Å². The number of halogens is 1. The van der Waals surface area contributed by atoms with E-state index in [-0.39, 0.29) is 23.1 Å². The molecule has 0 radical (unpaired) electrons. The molecule has 0 fully saturated rings. The number of phenols is 1. The van der Waals surface area contributed by atoms with Crippen LogP contribution in [0.1, 0.15) is 32.4 Å². The van der Waals surface area contributed by atoms with E-state index in [0.717, 1.165) is 6.54 Å². The third kappa shape index (κ3) is 3.68. The van der Waals surface area contributed by atoms with Crippen LogP contribution in [0, 0.1) is 5.82 Å². The minimum Gasteiger partial charge on any atom is -0.508 e. The molecule has 18 heavy (non-hydrogen) atoms. The van der Waals surface area contributed by atoms with E-state index < -0.39 is 0 Å². The maximum Gasteiger partial charge on any atom is 0.123 e. The zero-order valence-electron chi connectivity index (χ0n) is 11.8. The molecular weight excluding hydrogens is 231 g/mol. The molecule has 0 saturated heterocycles. The second-order valence-corrected chi connectivity index (χ2v) is 5.51. The highest BCUT2D eigenvalue weighted by Gasteiger charge is 2.21. The number of rotatable bonds is 5. The number of phenolic OH excluding ortho intramolecular Hbond substituents is 1. The van der Waals surface area contributed by atoms with Crippen LogP contribution in [0.3, 0.4) is 0 Å². The molecule has 1 aromatic rings. The Morgan fingerprint density at radius 1 is 1.39 bits per heavy atom. The van der Waals surface area contributed by atoms with Gasteiger partial charge in [-0.05, 0) is 53.1 Å². The molecule has 0 aliphatic heterocycles. The van der Waals surface area contributed by atoms with Crippen LogP contribution in [0.2, 0.25) is 0 Å². The Labute approximate surface area is 109 Å². The normalized spacial score (nSPS) is 13.9. The number of benzene rings is 1. The number of nitrogens with one attached hydrogen (secondary N) is 1. The van der Waals surface area contributed by atoms with Gasteiger partial charge in [0.2, 0.25) is 0 Å². The number of likely N-dealkylation sites (N-methyl/N-ethyl adjacent to an activating group) is 1. The Balaban J connectivity index is 2.71. The summed E-state index contributed by atoms with van der Waals surface area (Å²) in [6.45, 7) is 6.91. The summed E-state index contributed by atoms with van der Waals surface area (Å²) in [7, 11) is 4.04. The summed E-state index contributed by atoms with van der Waals surface area (Å²) in [5.74, 6) is -0.206. The summed E-state index contributed by atoms with van der Waals surface area (Å²) in [4.78, 5) is 2.12. The molecule has 1 atom stereocenters. The smallest absolute Gasteiger partial charge is 0.123 e. The van der Waals surface area contributed by atoms with Crippen molar-refractivity contribution in [3.63, 3.8) is 0 Å². The molecule has 0 aliphatic carbocycles. The quantitative estimate of drug-likeness (QED) is 0.847. The molecular formula is C14H23FN2O. The first-order valence-corrected chi connectivity index (χ1v) is 6.13. The van der Waals surface area contributed by atoms with Crippen LogP contribution >= 0.6 is 0 Å². The lowest BCUT2D eigenvalue weighted by Crippen LogP contribution is -2.47. The fraction of sp³-hybridized carbons (Fsp3) is 0.571. The van der Waals surface area contributed by atoms with Gasteiger partial charge in [0.15, 0.2) is 0 Å². The topological polar surface area (TPSA) is 35.5 Å². The molecule has 0 aromatic heterocycles. The van der Waals surface area contributed by atoms with Gasteiger partial charge >= 0.3 is 0 Å². The second kappa shape index (κ2) is 5.67. The highest BCUT2D eigenvalue weighted by atomic mass is 19.1. The van der Waals surface area contributed by atoms with Gasteiger partial charge in [-0.25, -0.2) is 4.39 Å². The van der Waals surface area contributed by atoms with Crippen molar-refractivity contribution in [3.8, 4) is 5.75 Å². The van der Waals surface area contributed by atoms with Crippen molar-refractivity contribution < 1.29 is 9.50 Å². The average molecular weight is 254 g/mol. The van der Waals surface area contributed by atoms with Crippen molar-refractivity contribution in [2.75, 3.05) is 20.6 Å². The maximum absolute atomic E-state index is 13.2. The van der Waals surface area contributed by atoms with Crippen LogP contribution in [0.4, 0.5) is 4.39 Å². The Kier molecular flexibility index (Phi) is 4.71. The van der Waals surface area contributed by atoms with E-state index in [0.29, 0.717) is 5.56 Å². The van der Waals surface area contributed by atoms with E-state index in [9.17, 15) is 9.50 Å². The highest BCUT2D eigenvalue weighted by Crippen LogP contribution is 2.25.